The van der Waals surface area contributed by atoms with Gasteiger partial charge in [0.25, 0.3) is 11.7 Å². The zero-order valence-electron chi connectivity index (χ0n) is 10.5. The average molecular weight is 295 g/mol. The number of tetrazole rings is 1. The Labute approximate surface area is 118 Å². The minimum absolute atomic E-state index is 0.107. The van der Waals surface area contributed by atoms with Gasteiger partial charge in [0.05, 0.1) is 10.7 Å². The number of aromatic amines is 1. The molecule has 0 aliphatic rings. The van der Waals surface area contributed by atoms with E-state index in [1.54, 1.807) is 25.1 Å². The molecule has 104 valence electrons. The summed E-state index contributed by atoms with van der Waals surface area (Å²) in [5, 5.41) is 18.1. The Morgan fingerprint density at radius 2 is 2.15 bits per heavy atom. The summed E-state index contributed by atoms with van der Waals surface area (Å²) in [5.41, 5.74) is 0.875. The highest BCUT2D eigenvalue weighted by molar-refractivity contribution is 6.34. The number of rotatable bonds is 4. The molecule has 1 aromatic heterocycles. The van der Waals surface area contributed by atoms with E-state index < -0.39 is 5.91 Å². The number of benzene rings is 1. The van der Waals surface area contributed by atoms with Crippen molar-refractivity contribution in [1.29, 1.82) is 0 Å². The Kier molecular flexibility index (Phi) is 4.26. The summed E-state index contributed by atoms with van der Waals surface area (Å²) in [6, 6.07) is 4.76. The summed E-state index contributed by atoms with van der Waals surface area (Å²) in [6.45, 7) is 1.74. The normalized spacial score (nSPS) is 10.1. The zero-order valence-corrected chi connectivity index (χ0v) is 11.2. The van der Waals surface area contributed by atoms with Crippen molar-refractivity contribution in [3.8, 4) is 0 Å². The van der Waals surface area contributed by atoms with Gasteiger partial charge in [-0.15, -0.1) is 10.2 Å². The van der Waals surface area contributed by atoms with Crippen LogP contribution in [0.15, 0.2) is 18.2 Å². The largest absolute Gasteiger partial charge is 0.326 e. The van der Waals surface area contributed by atoms with Gasteiger partial charge in [-0.2, -0.15) is 5.21 Å². The molecule has 0 aliphatic carbocycles. The molecule has 0 saturated carbocycles. The molecule has 0 atom stereocenters. The first-order valence-corrected chi connectivity index (χ1v) is 6.12. The lowest BCUT2D eigenvalue weighted by Crippen LogP contribution is -2.15. The minimum atomic E-state index is -0.556. The van der Waals surface area contributed by atoms with Crippen molar-refractivity contribution in [3.05, 3.63) is 29.0 Å². The first-order chi connectivity index (χ1) is 9.60. The summed E-state index contributed by atoms with van der Waals surface area (Å²) in [6.07, 6.45) is 0.354. The van der Waals surface area contributed by atoms with Crippen molar-refractivity contribution in [2.45, 2.75) is 13.3 Å². The molecule has 0 aliphatic heterocycles. The molecule has 2 aromatic rings. The molecular weight excluding hydrogens is 284 g/mol. The number of carbonyl (C=O) groups is 2. The van der Waals surface area contributed by atoms with Crippen LogP contribution in [0.3, 0.4) is 0 Å². The number of nitrogens with one attached hydrogen (secondary N) is 3. The SMILES string of the molecule is CCC(=O)Nc1ccc(Cl)c(NC(=O)c2nn[nH]n2)c1. The van der Waals surface area contributed by atoms with Crippen molar-refractivity contribution in [1.82, 2.24) is 20.6 Å². The number of nitrogens with zero attached hydrogens (tertiary/aromatic N) is 3. The molecule has 0 spiro atoms. The van der Waals surface area contributed by atoms with E-state index in [0.717, 1.165) is 0 Å². The molecule has 0 unspecified atom stereocenters. The third kappa shape index (κ3) is 3.29. The summed E-state index contributed by atoms with van der Waals surface area (Å²) >= 11 is 5.98. The van der Waals surface area contributed by atoms with E-state index in [4.69, 9.17) is 11.6 Å². The van der Waals surface area contributed by atoms with Crippen LogP contribution in [-0.2, 0) is 4.79 Å². The molecule has 3 N–H and O–H groups in total. The van der Waals surface area contributed by atoms with E-state index in [2.05, 4.69) is 31.3 Å². The summed E-state index contributed by atoms with van der Waals surface area (Å²) in [4.78, 5) is 23.1. The number of anilines is 2. The maximum absolute atomic E-state index is 11.8. The van der Waals surface area contributed by atoms with Crippen molar-refractivity contribution >= 4 is 34.8 Å². The van der Waals surface area contributed by atoms with Gasteiger partial charge in [-0.05, 0) is 23.4 Å². The van der Waals surface area contributed by atoms with E-state index in [9.17, 15) is 9.59 Å². The Hall–Kier alpha value is -2.48. The minimum Gasteiger partial charge on any atom is -0.326 e. The van der Waals surface area contributed by atoms with Gasteiger partial charge >= 0.3 is 0 Å². The lowest BCUT2D eigenvalue weighted by Gasteiger charge is -2.09. The number of carbonyl (C=O) groups excluding carboxylic acids is 2. The molecule has 1 heterocycles. The summed E-state index contributed by atoms with van der Waals surface area (Å²) in [5.74, 6) is -0.800. The van der Waals surface area contributed by atoms with Crippen LogP contribution < -0.4 is 10.6 Å². The van der Waals surface area contributed by atoms with E-state index in [0.29, 0.717) is 22.8 Å². The summed E-state index contributed by atoms with van der Waals surface area (Å²) < 4.78 is 0. The fourth-order valence-corrected chi connectivity index (χ4v) is 1.55. The zero-order chi connectivity index (χ0) is 14.5. The van der Waals surface area contributed by atoms with Crippen molar-refractivity contribution in [2.75, 3.05) is 10.6 Å². The molecule has 2 amide bonds. The standard InChI is InChI=1S/C11H11ClN6O2/c1-2-9(19)13-6-3-4-7(12)8(5-6)14-11(20)10-15-17-18-16-10/h3-5H,2H2,1H3,(H,13,19)(H,14,20)(H,15,16,17,18). The highest BCUT2D eigenvalue weighted by Gasteiger charge is 2.13. The molecular formula is C11H11ClN6O2. The van der Waals surface area contributed by atoms with Crippen LogP contribution in [0.1, 0.15) is 24.0 Å². The second-order valence-corrected chi connectivity index (χ2v) is 4.19. The van der Waals surface area contributed by atoms with Crippen LogP contribution in [0, 0.1) is 0 Å². The van der Waals surface area contributed by atoms with Crippen LogP contribution in [0.5, 0.6) is 0 Å². The molecule has 0 radical (unpaired) electrons. The number of halogens is 1. The molecule has 0 bridgehead atoms. The molecule has 0 fully saturated rings. The number of hydrogen-bond acceptors (Lipinski definition) is 5. The number of H-pyrrole nitrogens is 1. The van der Waals surface area contributed by atoms with Gasteiger partial charge in [-0.1, -0.05) is 18.5 Å². The lowest BCUT2D eigenvalue weighted by atomic mass is 10.2. The van der Waals surface area contributed by atoms with Gasteiger partial charge in [0.15, 0.2) is 0 Å². The Bertz CT molecular complexity index is 628. The Morgan fingerprint density at radius 3 is 2.80 bits per heavy atom. The third-order valence-corrected chi connectivity index (χ3v) is 2.70. The molecule has 1 aromatic carbocycles. The van der Waals surface area contributed by atoms with Gasteiger partial charge in [-0.3, -0.25) is 9.59 Å². The van der Waals surface area contributed by atoms with Gasteiger partial charge < -0.3 is 10.6 Å². The highest BCUT2D eigenvalue weighted by atomic mass is 35.5. The first kappa shape index (κ1) is 13.9. The van der Waals surface area contributed by atoms with Gasteiger partial charge in [0.2, 0.25) is 5.91 Å². The maximum Gasteiger partial charge on any atom is 0.297 e. The van der Waals surface area contributed by atoms with Gasteiger partial charge in [-0.25, -0.2) is 0 Å². The molecule has 20 heavy (non-hydrogen) atoms. The Morgan fingerprint density at radius 1 is 1.35 bits per heavy atom. The molecule has 2 rings (SSSR count). The first-order valence-electron chi connectivity index (χ1n) is 5.74. The van der Waals surface area contributed by atoms with Gasteiger partial charge in [0.1, 0.15) is 0 Å². The fraction of sp³-hybridized carbons (Fsp3) is 0.182. The highest BCUT2D eigenvalue weighted by Crippen LogP contribution is 2.25. The third-order valence-electron chi connectivity index (χ3n) is 2.37. The van der Waals surface area contributed by atoms with E-state index in [1.807, 2.05) is 0 Å². The van der Waals surface area contributed by atoms with Crippen molar-refractivity contribution in [3.63, 3.8) is 0 Å². The van der Waals surface area contributed by atoms with E-state index in [-0.39, 0.29) is 11.7 Å². The smallest absolute Gasteiger partial charge is 0.297 e. The predicted octanol–water partition coefficient (Wildman–Crippen LogP) is 1.45. The molecule has 8 nitrogen and oxygen atoms in total. The monoisotopic (exact) mass is 294 g/mol. The lowest BCUT2D eigenvalue weighted by molar-refractivity contribution is -0.115. The maximum atomic E-state index is 11.8. The molecule has 0 saturated heterocycles. The van der Waals surface area contributed by atoms with Crippen LogP contribution >= 0.6 is 11.6 Å². The fourth-order valence-electron chi connectivity index (χ4n) is 1.38. The number of hydrogen-bond donors (Lipinski definition) is 3. The predicted molar refractivity (Wildman–Crippen MR) is 72.5 cm³/mol. The van der Waals surface area contributed by atoms with E-state index >= 15 is 0 Å². The topological polar surface area (TPSA) is 113 Å². The van der Waals surface area contributed by atoms with E-state index in [1.165, 1.54) is 0 Å². The quantitative estimate of drug-likeness (QED) is 0.790. The second kappa shape index (κ2) is 6.11. The van der Waals surface area contributed by atoms with Crippen LogP contribution in [0.2, 0.25) is 5.02 Å². The van der Waals surface area contributed by atoms with Crippen LogP contribution in [0.25, 0.3) is 0 Å². The number of amides is 2. The van der Waals surface area contributed by atoms with Gasteiger partial charge in [0, 0.05) is 12.1 Å². The van der Waals surface area contributed by atoms with Crippen LogP contribution in [-0.4, -0.2) is 32.4 Å². The van der Waals surface area contributed by atoms with Crippen LogP contribution in [0.4, 0.5) is 11.4 Å². The average Bonchev–Trinajstić information content (AvgIpc) is 2.96. The Balaban J connectivity index is 2.16. The summed E-state index contributed by atoms with van der Waals surface area (Å²) in [7, 11) is 0. The second-order valence-electron chi connectivity index (χ2n) is 3.79. The molecule has 9 heteroatoms. The number of aromatic nitrogens is 4. The van der Waals surface area contributed by atoms with Crippen molar-refractivity contribution in [2.24, 2.45) is 0 Å². The van der Waals surface area contributed by atoms with Crippen molar-refractivity contribution < 1.29 is 9.59 Å².